The molecule has 0 bridgehead atoms. The van der Waals surface area contributed by atoms with Crippen molar-refractivity contribution in [1.82, 2.24) is 20.4 Å². The third-order valence-electron chi connectivity index (χ3n) is 3.05. The molecular weight excluding hydrogens is 282 g/mol. The van der Waals surface area contributed by atoms with E-state index >= 15 is 0 Å². The summed E-state index contributed by atoms with van der Waals surface area (Å²) >= 11 is 0. The molecule has 0 aliphatic carbocycles. The summed E-state index contributed by atoms with van der Waals surface area (Å²) in [7, 11) is 1.42. The van der Waals surface area contributed by atoms with E-state index < -0.39 is 0 Å². The topological polar surface area (TPSA) is 80.5 Å². The predicted molar refractivity (Wildman–Crippen MR) is 86.7 cm³/mol. The first-order valence-electron chi connectivity index (χ1n) is 7.82. The van der Waals surface area contributed by atoms with Gasteiger partial charge in [0.2, 0.25) is 0 Å². The maximum Gasteiger partial charge on any atom is 0.305 e. The zero-order chi connectivity index (χ0) is 16.0. The van der Waals surface area contributed by atoms with Gasteiger partial charge in [0, 0.05) is 45.0 Å². The summed E-state index contributed by atoms with van der Waals surface area (Å²) in [4.78, 5) is 15.5. The van der Waals surface area contributed by atoms with E-state index in [9.17, 15) is 4.79 Å². The van der Waals surface area contributed by atoms with Gasteiger partial charge >= 0.3 is 5.97 Å². The van der Waals surface area contributed by atoms with Crippen LogP contribution in [-0.2, 0) is 16.1 Å². The number of aryl methyl sites for hydroxylation is 1. The van der Waals surface area contributed by atoms with Crippen LogP contribution in [0.4, 0.5) is 0 Å². The normalized spacial score (nSPS) is 11.3. The lowest BCUT2D eigenvalue weighted by atomic mass is 10.2. The average molecular weight is 309 g/mol. The number of ether oxygens (including phenoxy) is 1. The lowest BCUT2D eigenvalue weighted by Gasteiger charge is -2.11. The molecule has 0 saturated carbocycles. The fourth-order valence-electron chi connectivity index (χ4n) is 1.90. The van der Waals surface area contributed by atoms with Gasteiger partial charge in [-0.05, 0) is 32.3 Å². The second-order valence-electron chi connectivity index (χ2n) is 4.84. The molecule has 0 amide bonds. The largest absolute Gasteiger partial charge is 0.469 e. The summed E-state index contributed by atoms with van der Waals surface area (Å²) in [5.74, 6) is 0.667. The van der Waals surface area contributed by atoms with Crippen LogP contribution in [0.25, 0.3) is 0 Å². The number of aliphatic imine (C=N–C) groups is 1. The van der Waals surface area contributed by atoms with E-state index in [1.807, 2.05) is 23.9 Å². The Balaban J connectivity index is 2.16. The molecule has 0 spiro atoms. The maximum absolute atomic E-state index is 11.0. The van der Waals surface area contributed by atoms with Crippen molar-refractivity contribution >= 4 is 11.9 Å². The van der Waals surface area contributed by atoms with Gasteiger partial charge in [0.1, 0.15) is 0 Å². The highest BCUT2D eigenvalue weighted by Crippen LogP contribution is 1.96. The number of hydrogen-bond acceptors (Lipinski definition) is 4. The van der Waals surface area contributed by atoms with Gasteiger partial charge in [-0.3, -0.25) is 14.5 Å². The number of esters is 1. The maximum atomic E-state index is 11.0. The lowest BCUT2D eigenvalue weighted by Crippen LogP contribution is -2.37. The summed E-state index contributed by atoms with van der Waals surface area (Å²) in [6.07, 6.45) is 6.87. The van der Waals surface area contributed by atoms with Gasteiger partial charge in [0.25, 0.3) is 0 Å². The van der Waals surface area contributed by atoms with Crippen LogP contribution in [-0.4, -0.2) is 48.5 Å². The van der Waals surface area contributed by atoms with Crippen LogP contribution in [0, 0.1) is 0 Å². The van der Waals surface area contributed by atoms with Crippen molar-refractivity contribution in [3.05, 3.63) is 18.5 Å². The van der Waals surface area contributed by atoms with Gasteiger partial charge in [-0.15, -0.1) is 0 Å². The molecule has 0 unspecified atom stereocenters. The molecular formula is C15H27N5O2. The fourth-order valence-corrected chi connectivity index (χ4v) is 1.90. The smallest absolute Gasteiger partial charge is 0.305 e. The van der Waals surface area contributed by atoms with Gasteiger partial charge in [-0.1, -0.05) is 0 Å². The number of guanidine groups is 1. The Morgan fingerprint density at radius 2 is 2.18 bits per heavy atom. The third kappa shape index (κ3) is 8.28. The number of aromatic nitrogens is 2. The van der Waals surface area contributed by atoms with Gasteiger partial charge in [0.15, 0.2) is 5.96 Å². The monoisotopic (exact) mass is 309 g/mol. The Hall–Kier alpha value is -2.05. The Bertz CT molecular complexity index is 431. The Kier molecular flexibility index (Phi) is 9.48. The number of carbonyl (C=O) groups excluding carboxylic acids is 1. The molecule has 1 aromatic heterocycles. The highest BCUT2D eigenvalue weighted by atomic mass is 16.5. The molecule has 0 fully saturated rings. The number of nitrogens with one attached hydrogen (secondary N) is 2. The van der Waals surface area contributed by atoms with E-state index in [1.54, 1.807) is 6.20 Å². The highest BCUT2D eigenvalue weighted by Gasteiger charge is 2.00. The van der Waals surface area contributed by atoms with Crippen LogP contribution < -0.4 is 10.6 Å². The Labute approximate surface area is 132 Å². The van der Waals surface area contributed by atoms with Crippen molar-refractivity contribution in [2.24, 2.45) is 4.99 Å². The number of hydrogen-bond donors (Lipinski definition) is 2. The van der Waals surface area contributed by atoms with Crippen molar-refractivity contribution in [3.8, 4) is 0 Å². The van der Waals surface area contributed by atoms with E-state index in [2.05, 4.69) is 25.5 Å². The van der Waals surface area contributed by atoms with Crippen LogP contribution in [0.5, 0.6) is 0 Å². The van der Waals surface area contributed by atoms with Crippen molar-refractivity contribution in [1.29, 1.82) is 0 Å². The summed E-state index contributed by atoms with van der Waals surface area (Å²) in [5.41, 5.74) is 0. The second-order valence-corrected chi connectivity index (χ2v) is 4.84. The molecule has 0 aliphatic heterocycles. The van der Waals surface area contributed by atoms with E-state index in [-0.39, 0.29) is 5.97 Å². The molecule has 1 rings (SSSR count). The van der Waals surface area contributed by atoms with Crippen LogP contribution in [0.1, 0.15) is 32.6 Å². The predicted octanol–water partition coefficient (Wildman–Crippen LogP) is 1.17. The number of rotatable bonds is 10. The van der Waals surface area contributed by atoms with Crippen LogP contribution in [0.2, 0.25) is 0 Å². The molecule has 2 N–H and O–H groups in total. The molecule has 0 radical (unpaired) electrons. The van der Waals surface area contributed by atoms with E-state index in [0.717, 1.165) is 51.4 Å². The van der Waals surface area contributed by atoms with Gasteiger partial charge in [0.05, 0.1) is 7.11 Å². The van der Waals surface area contributed by atoms with Gasteiger partial charge < -0.3 is 15.4 Å². The standard InChI is InChI=1S/C15H27N5O2/c1-3-16-15(17-9-5-4-8-14(21)22-2)18-10-6-12-20-13-7-11-19-20/h7,11,13H,3-6,8-10,12H2,1-2H3,(H2,16,17,18). The second kappa shape index (κ2) is 11.6. The molecule has 0 atom stereocenters. The number of unbranched alkanes of at least 4 members (excludes halogenated alkanes) is 1. The first-order valence-corrected chi connectivity index (χ1v) is 7.82. The first-order chi connectivity index (χ1) is 10.8. The minimum absolute atomic E-state index is 0.154. The molecule has 22 heavy (non-hydrogen) atoms. The van der Waals surface area contributed by atoms with Crippen molar-refractivity contribution < 1.29 is 9.53 Å². The van der Waals surface area contributed by atoms with Gasteiger partial charge in [-0.25, -0.2) is 0 Å². The minimum atomic E-state index is -0.154. The van der Waals surface area contributed by atoms with Crippen LogP contribution in [0.15, 0.2) is 23.5 Å². The fraction of sp³-hybridized carbons (Fsp3) is 0.667. The molecule has 124 valence electrons. The zero-order valence-corrected chi connectivity index (χ0v) is 13.5. The van der Waals surface area contributed by atoms with E-state index in [0.29, 0.717) is 6.42 Å². The summed E-state index contributed by atoms with van der Waals surface area (Å²) in [6.45, 7) is 5.28. The first kappa shape index (κ1) is 18.0. The molecule has 7 heteroatoms. The SMILES string of the molecule is CCNC(=NCCCn1cccn1)NCCCCC(=O)OC. The summed E-state index contributed by atoms with van der Waals surface area (Å²) < 4.78 is 6.52. The number of carbonyl (C=O) groups is 1. The Morgan fingerprint density at radius 3 is 2.86 bits per heavy atom. The Morgan fingerprint density at radius 1 is 1.32 bits per heavy atom. The van der Waals surface area contributed by atoms with Crippen molar-refractivity contribution in [3.63, 3.8) is 0 Å². The highest BCUT2D eigenvalue weighted by molar-refractivity contribution is 5.79. The van der Waals surface area contributed by atoms with Crippen LogP contribution >= 0.6 is 0 Å². The molecule has 0 aliphatic rings. The van der Waals surface area contributed by atoms with Crippen molar-refractivity contribution in [2.45, 2.75) is 39.2 Å². The zero-order valence-electron chi connectivity index (χ0n) is 13.5. The molecule has 0 aromatic carbocycles. The minimum Gasteiger partial charge on any atom is -0.469 e. The molecule has 7 nitrogen and oxygen atoms in total. The average Bonchev–Trinajstić information content (AvgIpc) is 3.04. The van der Waals surface area contributed by atoms with E-state index in [1.165, 1.54) is 7.11 Å². The van der Waals surface area contributed by atoms with E-state index in [4.69, 9.17) is 0 Å². The van der Waals surface area contributed by atoms with Crippen molar-refractivity contribution in [2.75, 3.05) is 26.7 Å². The summed E-state index contributed by atoms with van der Waals surface area (Å²) in [5, 5.41) is 10.6. The number of nitrogens with zero attached hydrogens (tertiary/aromatic N) is 3. The van der Waals surface area contributed by atoms with Crippen LogP contribution in [0.3, 0.4) is 0 Å². The molecule has 1 aromatic rings. The molecule has 1 heterocycles. The quantitative estimate of drug-likeness (QED) is 0.293. The third-order valence-corrected chi connectivity index (χ3v) is 3.05. The molecule has 0 saturated heterocycles. The van der Waals surface area contributed by atoms with Gasteiger partial charge in [-0.2, -0.15) is 5.10 Å². The summed E-state index contributed by atoms with van der Waals surface area (Å²) in [6, 6.07) is 1.92. The number of methoxy groups -OCH3 is 1. The lowest BCUT2D eigenvalue weighted by molar-refractivity contribution is -0.140.